The summed E-state index contributed by atoms with van der Waals surface area (Å²) in [4.78, 5) is 22.3. The molecule has 1 rings (SSSR count). The van der Waals surface area contributed by atoms with E-state index in [1.54, 1.807) is 6.92 Å². The Hall–Kier alpha value is -1.06. The molecule has 16 heavy (non-hydrogen) atoms. The van der Waals surface area contributed by atoms with E-state index in [2.05, 4.69) is 6.92 Å². The van der Waals surface area contributed by atoms with E-state index in [4.69, 9.17) is 9.84 Å². The van der Waals surface area contributed by atoms with E-state index < -0.39 is 11.9 Å². The van der Waals surface area contributed by atoms with Crippen molar-refractivity contribution < 1.29 is 19.4 Å². The van der Waals surface area contributed by atoms with E-state index in [1.165, 1.54) is 7.11 Å². The largest absolute Gasteiger partial charge is 0.481 e. The van der Waals surface area contributed by atoms with Crippen LogP contribution in [0.25, 0.3) is 0 Å². The summed E-state index contributed by atoms with van der Waals surface area (Å²) in [5.41, 5.74) is 0.233. The fourth-order valence-electron chi connectivity index (χ4n) is 1.97. The predicted molar refractivity (Wildman–Crippen MR) is 58.9 cm³/mol. The van der Waals surface area contributed by atoms with E-state index >= 15 is 0 Å². The van der Waals surface area contributed by atoms with Gasteiger partial charge >= 0.3 is 11.9 Å². The normalized spacial score (nSPS) is 20.9. The first-order valence-electron chi connectivity index (χ1n) is 5.68. The molecule has 2 unspecified atom stereocenters. The predicted octanol–water partition coefficient (Wildman–Crippen LogP) is 2.08. The highest BCUT2D eigenvalue weighted by Gasteiger charge is 2.41. The van der Waals surface area contributed by atoms with Crippen LogP contribution in [0.15, 0.2) is 0 Å². The third kappa shape index (κ3) is 3.51. The van der Waals surface area contributed by atoms with Gasteiger partial charge in [-0.15, -0.1) is 0 Å². The zero-order valence-electron chi connectivity index (χ0n) is 10.2. The molecule has 4 nitrogen and oxygen atoms in total. The topological polar surface area (TPSA) is 63.6 Å². The first-order chi connectivity index (χ1) is 7.38. The van der Waals surface area contributed by atoms with Gasteiger partial charge in [0.2, 0.25) is 0 Å². The maximum atomic E-state index is 11.6. The molecule has 0 heterocycles. The van der Waals surface area contributed by atoms with Gasteiger partial charge in [-0.25, -0.2) is 0 Å². The lowest BCUT2D eigenvalue weighted by molar-refractivity contribution is -0.148. The van der Waals surface area contributed by atoms with Gasteiger partial charge in [0.15, 0.2) is 0 Å². The summed E-state index contributed by atoms with van der Waals surface area (Å²) in [6, 6.07) is 0. The number of ether oxygens (including phenoxy) is 1. The minimum atomic E-state index is -0.852. The molecule has 0 aliphatic heterocycles. The maximum absolute atomic E-state index is 11.6. The van der Waals surface area contributed by atoms with E-state index in [1.807, 2.05) is 0 Å². The minimum absolute atomic E-state index is 0.233. The first kappa shape index (κ1) is 13.0. The standard InChI is InChI=1S/C12H20O4/c1-8(10(13)14)6-9(11(15)16-3)7-12(2)4-5-12/h8-9H,4-7H2,1-3H3,(H,13,14). The Balaban J connectivity index is 2.56. The quantitative estimate of drug-likeness (QED) is 0.707. The number of carboxylic acids is 1. The molecule has 0 radical (unpaired) electrons. The second-order valence-electron chi connectivity index (χ2n) is 5.21. The van der Waals surface area contributed by atoms with Crippen LogP contribution in [0.5, 0.6) is 0 Å². The molecule has 0 amide bonds. The number of hydrogen-bond donors (Lipinski definition) is 1. The molecule has 0 aromatic rings. The van der Waals surface area contributed by atoms with Gasteiger partial charge in [-0.1, -0.05) is 13.8 Å². The molecule has 92 valence electrons. The highest BCUT2D eigenvalue weighted by Crippen LogP contribution is 2.50. The van der Waals surface area contributed by atoms with Gasteiger partial charge in [-0.05, 0) is 31.1 Å². The summed E-state index contributed by atoms with van der Waals surface area (Å²) in [5.74, 6) is -1.90. The number of aliphatic carboxylic acids is 1. The van der Waals surface area contributed by atoms with Gasteiger partial charge in [0.25, 0.3) is 0 Å². The number of esters is 1. The van der Waals surface area contributed by atoms with Crippen LogP contribution in [0.4, 0.5) is 0 Å². The lowest BCUT2D eigenvalue weighted by Crippen LogP contribution is -2.24. The van der Waals surface area contributed by atoms with E-state index in [0.717, 1.165) is 19.3 Å². The number of hydrogen-bond acceptors (Lipinski definition) is 3. The molecule has 1 aliphatic rings. The molecule has 1 saturated carbocycles. The summed E-state index contributed by atoms with van der Waals surface area (Å²) in [5, 5.41) is 8.85. The molecular formula is C12H20O4. The van der Waals surface area contributed by atoms with Crippen molar-refractivity contribution in [2.75, 3.05) is 7.11 Å². The van der Waals surface area contributed by atoms with Crippen LogP contribution in [-0.2, 0) is 14.3 Å². The average Bonchev–Trinajstić information content (AvgIpc) is 2.94. The SMILES string of the molecule is COC(=O)C(CC(C)C(=O)O)CC1(C)CC1. The average molecular weight is 228 g/mol. The highest BCUT2D eigenvalue weighted by atomic mass is 16.5. The molecule has 1 aliphatic carbocycles. The number of carbonyl (C=O) groups is 2. The van der Waals surface area contributed by atoms with Crippen molar-refractivity contribution in [3.05, 3.63) is 0 Å². The van der Waals surface area contributed by atoms with Gasteiger partial charge < -0.3 is 9.84 Å². The Bertz CT molecular complexity index is 281. The van der Waals surface area contributed by atoms with Crippen molar-refractivity contribution >= 4 is 11.9 Å². The van der Waals surface area contributed by atoms with Crippen LogP contribution >= 0.6 is 0 Å². The van der Waals surface area contributed by atoms with Gasteiger partial charge in [-0.3, -0.25) is 9.59 Å². The van der Waals surface area contributed by atoms with E-state index in [9.17, 15) is 9.59 Å². The van der Waals surface area contributed by atoms with Crippen LogP contribution in [-0.4, -0.2) is 24.2 Å². The molecule has 4 heteroatoms. The Morgan fingerprint density at radius 3 is 2.38 bits per heavy atom. The Kier molecular flexibility index (Phi) is 3.94. The molecule has 0 bridgehead atoms. The maximum Gasteiger partial charge on any atom is 0.308 e. The number of rotatable bonds is 6. The molecule has 0 spiro atoms. The molecule has 0 aromatic heterocycles. The monoisotopic (exact) mass is 228 g/mol. The zero-order valence-corrected chi connectivity index (χ0v) is 10.2. The number of carbonyl (C=O) groups excluding carboxylic acids is 1. The summed E-state index contributed by atoms with van der Waals surface area (Å²) in [6.45, 7) is 3.77. The third-order valence-corrected chi connectivity index (χ3v) is 3.44. The lowest BCUT2D eigenvalue weighted by Gasteiger charge is -2.20. The third-order valence-electron chi connectivity index (χ3n) is 3.44. The van der Waals surface area contributed by atoms with Crippen LogP contribution < -0.4 is 0 Å². The van der Waals surface area contributed by atoms with Crippen LogP contribution in [0, 0.1) is 17.3 Å². The smallest absolute Gasteiger partial charge is 0.308 e. The summed E-state index contributed by atoms with van der Waals surface area (Å²) >= 11 is 0. The van der Waals surface area contributed by atoms with Crippen molar-refractivity contribution in [3.8, 4) is 0 Å². The second kappa shape index (κ2) is 4.85. The fourth-order valence-corrected chi connectivity index (χ4v) is 1.97. The van der Waals surface area contributed by atoms with Gasteiger partial charge in [0, 0.05) is 0 Å². The molecule has 1 N–H and O–H groups in total. The van der Waals surface area contributed by atoms with Crippen LogP contribution in [0.1, 0.15) is 39.5 Å². The van der Waals surface area contributed by atoms with Gasteiger partial charge in [0.05, 0.1) is 18.9 Å². The zero-order chi connectivity index (χ0) is 12.3. The Morgan fingerprint density at radius 2 is 2.00 bits per heavy atom. The second-order valence-corrected chi connectivity index (χ2v) is 5.21. The van der Waals surface area contributed by atoms with E-state index in [-0.39, 0.29) is 17.3 Å². The lowest BCUT2D eigenvalue weighted by atomic mass is 9.86. The summed E-state index contributed by atoms with van der Waals surface area (Å²) in [6.07, 6.45) is 3.37. The molecule has 0 aromatic carbocycles. The Labute approximate surface area is 96.0 Å². The van der Waals surface area contributed by atoms with Crippen molar-refractivity contribution in [1.29, 1.82) is 0 Å². The summed E-state index contributed by atoms with van der Waals surface area (Å²) < 4.78 is 4.73. The van der Waals surface area contributed by atoms with Crippen molar-refractivity contribution in [2.24, 2.45) is 17.3 Å². The van der Waals surface area contributed by atoms with Crippen LogP contribution in [0.3, 0.4) is 0 Å². The minimum Gasteiger partial charge on any atom is -0.481 e. The highest BCUT2D eigenvalue weighted by molar-refractivity contribution is 5.74. The van der Waals surface area contributed by atoms with E-state index in [0.29, 0.717) is 6.42 Å². The molecule has 0 saturated heterocycles. The molecular weight excluding hydrogens is 208 g/mol. The van der Waals surface area contributed by atoms with Gasteiger partial charge in [0.1, 0.15) is 0 Å². The summed E-state index contributed by atoms with van der Waals surface area (Å²) in [7, 11) is 1.36. The molecule has 1 fully saturated rings. The van der Waals surface area contributed by atoms with Crippen LogP contribution in [0.2, 0.25) is 0 Å². The number of methoxy groups -OCH3 is 1. The fraction of sp³-hybridized carbons (Fsp3) is 0.833. The first-order valence-corrected chi connectivity index (χ1v) is 5.68. The molecule has 2 atom stereocenters. The van der Waals surface area contributed by atoms with Crippen molar-refractivity contribution in [1.82, 2.24) is 0 Å². The Morgan fingerprint density at radius 1 is 1.44 bits per heavy atom. The number of carboxylic acid groups (broad SMARTS) is 1. The van der Waals surface area contributed by atoms with Gasteiger partial charge in [-0.2, -0.15) is 0 Å². The van der Waals surface area contributed by atoms with Crippen molar-refractivity contribution in [2.45, 2.75) is 39.5 Å². The van der Waals surface area contributed by atoms with Crippen molar-refractivity contribution in [3.63, 3.8) is 0 Å².